The number of nitrogens with zero attached hydrogens (tertiary/aromatic N) is 4. The van der Waals surface area contributed by atoms with Gasteiger partial charge in [-0.3, -0.25) is 19.4 Å². The minimum atomic E-state index is -1.34. The number of rotatable bonds is 9. The number of aliphatic imine (C=N–C) groups is 1. The maximum atomic E-state index is 14.7. The van der Waals surface area contributed by atoms with E-state index in [1.165, 1.54) is 53.3 Å². The lowest BCUT2D eigenvalue weighted by atomic mass is 9.90. The Hall–Kier alpha value is -4.90. The fourth-order valence-electron chi connectivity index (χ4n) is 6.39. The lowest BCUT2D eigenvalue weighted by molar-refractivity contribution is -0.137. The van der Waals surface area contributed by atoms with Crippen molar-refractivity contribution < 1.29 is 18.8 Å². The number of alkyl halides is 1. The maximum absolute atomic E-state index is 14.7. The summed E-state index contributed by atoms with van der Waals surface area (Å²) >= 11 is 1.30. The summed E-state index contributed by atoms with van der Waals surface area (Å²) in [6.45, 7) is 4.61. The van der Waals surface area contributed by atoms with E-state index in [-0.39, 0.29) is 25.3 Å². The van der Waals surface area contributed by atoms with Gasteiger partial charge in [-0.1, -0.05) is 18.2 Å². The van der Waals surface area contributed by atoms with Crippen LogP contribution in [-0.2, 0) is 29.0 Å². The fraction of sp³-hybridized carbons (Fsp3) is 0.286. The van der Waals surface area contributed by atoms with Crippen LogP contribution in [0.4, 0.5) is 9.52 Å². The van der Waals surface area contributed by atoms with E-state index in [1.54, 1.807) is 29.1 Å². The number of thiazole rings is 1. The molecule has 9 nitrogen and oxygen atoms in total. The van der Waals surface area contributed by atoms with Gasteiger partial charge in [-0.2, -0.15) is 0 Å². The van der Waals surface area contributed by atoms with E-state index in [0.29, 0.717) is 27.2 Å². The van der Waals surface area contributed by atoms with Gasteiger partial charge in [-0.15, -0.1) is 11.3 Å². The number of benzene rings is 2. The Morgan fingerprint density at radius 2 is 1.98 bits per heavy atom. The van der Waals surface area contributed by atoms with Crippen LogP contribution < -0.4 is 11.1 Å². The van der Waals surface area contributed by atoms with Gasteiger partial charge in [-0.25, -0.2) is 9.37 Å². The van der Waals surface area contributed by atoms with Gasteiger partial charge in [0.2, 0.25) is 11.8 Å². The second-order valence-electron chi connectivity index (χ2n) is 11.7. The van der Waals surface area contributed by atoms with Crippen LogP contribution in [0.1, 0.15) is 53.2 Å². The van der Waals surface area contributed by atoms with Crippen molar-refractivity contribution in [1.82, 2.24) is 14.5 Å². The molecular weight excluding hydrogens is 603 g/mol. The minimum absolute atomic E-state index is 0.101. The number of nitrogens with two attached hydrogens (primary N) is 1. The van der Waals surface area contributed by atoms with E-state index in [9.17, 15) is 18.8 Å². The number of amides is 2. The molecule has 1 unspecified atom stereocenters. The number of carbonyl (C=O) groups excluding carboxylic acids is 3. The number of allylic oxidation sites excluding steroid dienone is 2. The molecule has 1 saturated heterocycles. The van der Waals surface area contributed by atoms with E-state index in [2.05, 4.69) is 40.2 Å². The van der Waals surface area contributed by atoms with E-state index in [0.717, 1.165) is 29.7 Å². The highest BCUT2D eigenvalue weighted by atomic mass is 32.1. The molecule has 0 bridgehead atoms. The lowest BCUT2D eigenvalue weighted by Crippen LogP contribution is -2.44. The third kappa shape index (κ3) is 6.28. The molecule has 0 spiro atoms. The first-order valence-corrected chi connectivity index (χ1v) is 16.1. The average molecular weight is 639 g/mol. The van der Waals surface area contributed by atoms with Crippen molar-refractivity contribution in [2.45, 2.75) is 57.8 Å². The number of hydrogen-bond acceptors (Lipinski definition) is 7. The molecule has 2 aromatic heterocycles. The summed E-state index contributed by atoms with van der Waals surface area (Å²) in [6.07, 6.45) is 9.36. The number of aryl methyl sites for hydroxylation is 2. The molecular formula is C35H35FN6O3S. The second-order valence-corrected chi connectivity index (χ2v) is 12.6. The maximum Gasteiger partial charge on any atom is 0.249 e. The zero-order chi connectivity index (χ0) is 32.4. The standard InChI is InChI=1S/C35H35FN6O3S/c1-21(43)29-18-41(31-10-9-24(14-28(29)31)26(11-12-37)16-38-2)19-33(44)42-17-27(36)15-32(42)34(45)40-35-39-30(20-46-35)25-8-7-22-5-3-4-6-23(22)13-25/h7-14,16,18,20,27,32H,2-6,15,17,19,37H2,1H3,(H,39,40,45)/b12-11-,26-16+/t27-,32?/m1/s1. The SMILES string of the molecule is C=N/C=C(\C=C/N)c1ccc2c(c1)c(C(C)=O)cn2CC(=O)N1C[C@H](F)CC1C(=O)Nc1nc(-c2ccc3c(c2)CCCC3)cs1. The third-order valence-electron chi connectivity index (χ3n) is 8.66. The van der Waals surface area contributed by atoms with Crippen LogP contribution in [0.3, 0.4) is 0 Å². The largest absolute Gasteiger partial charge is 0.405 e. The van der Waals surface area contributed by atoms with Crippen LogP contribution in [0.2, 0.25) is 0 Å². The Labute approximate surface area is 270 Å². The number of likely N-dealkylation sites (tertiary alicyclic amines) is 1. The zero-order valence-corrected chi connectivity index (χ0v) is 26.4. The second kappa shape index (κ2) is 13.2. The molecule has 11 heteroatoms. The lowest BCUT2D eigenvalue weighted by Gasteiger charge is -2.23. The van der Waals surface area contributed by atoms with E-state index >= 15 is 0 Å². The highest BCUT2D eigenvalue weighted by Crippen LogP contribution is 2.31. The molecule has 2 atom stereocenters. The number of Topliss-reactive ketones (excluding diaryl/α,β-unsaturated/α-hetero) is 1. The van der Waals surface area contributed by atoms with Crippen LogP contribution in [0.25, 0.3) is 27.7 Å². The number of halogens is 1. The van der Waals surface area contributed by atoms with Gasteiger partial charge >= 0.3 is 0 Å². The van der Waals surface area contributed by atoms with Gasteiger partial charge in [0, 0.05) is 51.8 Å². The smallest absolute Gasteiger partial charge is 0.249 e. The number of fused-ring (bicyclic) bond motifs is 2. The number of aromatic nitrogens is 2. The highest BCUT2D eigenvalue weighted by Gasteiger charge is 2.40. The third-order valence-corrected chi connectivity index (χ3v) is 9.41. The van der Waals surface area contributed by atoms with Crippen LogP contribution in [0.15, 0.2) is 71.4 Å². The molecule has 1 aliphatic carbocycles. The van der Waals surface area contributed by atoms with Crippen LogP contribution >= 0.6 is 11.3 Å². The summed E-state index contributed by atoms with van der Waals surface area (Å²) in [5.41, 5.74) is 12.6. The van der Waals surface area contributed by atoms with Crippen molar-refractivity contribution in [3.8, 4) is 11.3 Å². The van der Waals surface area contributed by atoms with E-state index < -0.39 is 24.0 Å². The molecule has 0 radical (unpaired) electrons. The van der Waals surface area contributed by atoms with E-state index in [4.69, 9.17) is 5.73 Å². The predicted molar refractivity (Wildman–Crippen MR) is 181 cm³/mol. The summed E-state index contributed by atoms with van der Waals surface area (Å²) in [7, 11) is 0. The van der Waals surface area contributed by atoms with Crippen molar-refractivity contribution in [1.29, 1.82) is 0 Å². The number of hydrogen-bond donors (Lipinski definition) is 2. The first-order chi connectivity index (χ1) is 22.2. The first kappa shape index (κ1) is 31.1. The summed E-state index contributed by atoms with van der Waals surface area (Å²) in [5, 5.41) is 5.76. The van der Waals surface area contributed by atoms with Crippen molar-refractivity contribution >= 4 is 57.3 Å². The summed E-state index contributed by atoms with van der Waals surface area (Å²) in [5.74, 6) is -1.07. The van der Waals surface area contributed by atoms with Crippen molar-refractivity contribution in [3.05, 3.63) is 88.7 Å². The first-order valence-electron chi connectivity index (χ1n) is 15.3. The summed E-state index contributed by atoms with van der Waals surface area (Å²) < 4.78 is 16.4. The minimum Gasteiger partial charge on any atom is -0.405 e. The van der Waals surface area contributed by atoms with Gasteiger partial charge in [0.1, 0.15) is 18.8 Å². The topological polar surface area (TPSA) is 123 Å². The highest BCUT2D eigenvalue weighted by molar-refractivity contribution is 7.14. The molecule has 2 amide bonds. The molecule has 2 aromatic carbocycles. The Morgan fingerprint density at radius 1 is 1.17 bits per heavy atom. The van der Waals surface area contributed by atoms with Gasteiger partial charge in [0.25, 0.3) is 0 Å². The van der Waals surface area contributed by atoms with Crippen LogP contribution in [0, 0.1) is 0 Å². The van der Waals surface area contributed by atoms with Crippen LogP contribution in [-0.4, -0.2) is 57.5 Å². The summed E-state index contributed by atoms with van der Waals surface area (Å²) in [6, 6.07) is 10.9. The Kier molecular flexibility index (Phi) is 8.94. The van der Waals surface area contributed by atoms with Crippen molar-refractivity contribution in [2.75, 3.05) is 11.9 Å². The monoisotopic (exact) mass is 638 g/mol. The quantitative estimate of drug-likeness (QED) is 0.134. The Bertz CT molecular complexity index is 1910. The van der Waals surface area contributed by atoms with Gasteiger partial charge in [0.05, 0.1) is 12.2 Å². The summed E-state index contributed by atoms with van der Waals surface area (Å²) in [4.78, 5) is 49.3. The van der Waals surface area contributed by atoms with E-state index in [1.807, 2.05) is 17.5 Å². The van der Waals surface area contributed by atoms with Crippen molar-refractivity contribution in [3.63, 3.8) is 0 Å². The molecule has 2 aliphatic rings. The predicted octanol–water partition coefficient (Wildman–Crippen LogP) is 5.94. The number of ketones is 1. The molecule has 1 aliphatic heterocycles. The normalized spacial score (nSPS) is 18.2. The van der Waals surface area contributed by atoms with Gasteiger partial charge in [-0.05, 0) is 86.5 Å². The zero-order valence-electron chi connectivity index (χ0n) is 25.5. The molecule has 46 heavy (non-hydrogen) atoms. The number of anilines is 1. The fourth-order valence-corrected chi connectivity index (χ4v) is 7.12. The number of nitrogens with one attached hydrogen (secondary N) is 1. The van der Waals surface area contributed by atoms with Crippen molar-refractivity contribution in [2.24, 2.45) is 10.7 Å². The molecule has 3 N–H and O–H groups in total. The van der Waals surface area contributed by atoms with Gasteiger partial charge < -0.3 is 20.5 Å². The van der Waals surface area contributed by atoms with Crippen LogP contribution in [0.5, 0.6) is 0 Å². The molecule has 6 rings (SSSR count). The average Bonchev–Trinajstić information content (AvgIpc) is 3.78. The molecule has 236 valence electrons. The molecule has 3 heterocycles. The Morgan fingerprint density at radius 3 is 2.74 bits per heavy atom. The van der Waals surface area contributed by atoms with Gasteiger partial charge in [0.15, 0.2) is 10.9 Å². The Balaban J connectivity index is 1.20. The molecule has 1 fully saturated rings. The number of carbonyl (C=O) groups is 3. The molecule has 4 aromatic rings. The molecule has 0 saturated carbocycles.